The van der Waals surface area contributed by atoms with Gasteiger partial charge >= 0.3 is 0 Å². The van der Waals surface area contributed by atoms with Crippen LogP contribution in [0.4, 0.5) is 0 Å². The van der Waals surface area contributed by atoms with E-state index in [4.69, 9.17) is 0 Å². The van der Waals surface area contributed by atoms with Crippen molar-refractivity contribution in [3.05, 3.63) is 0 Å². The first-order chi connectivity index (χ1) is 8.55. The number of aliphatic imine (C=N–C) groups is 1. The molecule has 0 amide bonds. The van der Waals surface area contributed by atoms with Gasteiger partial charge in [0.2, 0.25) is 0 Å². The second kappa shape index (κ2) is 7.81. The van der Waals surface area contributed by atoms with Gasteiger partial charge in [-0.15, -0.1) is 0 Å². The summed E-state index contributed by atoms with van der Waals surface area (Å²) in [6.07, 6.45) is 13.2. The summed E-state index contributed by atoms with van der Waals surface area (Å²) in [6, 6.07) is 0.658. The maximum Gasteiger partial charge on any atom is 0.0860 e. The quantitative estimate of drug-likeness (QED) is 0.546. The Morgan fingerprint density at radius 3 is 2.28 bits per heavy atom. The van der Waals surface area contributed by atoms with Crippen molar-refractivity contribution in [2.75, 3.05) is 6.54 Å². The number of hydrogen-bond acceptors (Lipinski definition) is 2. The van der Waals surface area contributed by atoms with Crippen LogP contribution in [0.2, 0.25) is 0 Å². The van der Waals surface area contributed by atoms with Gasteiger partial charge in [-0.2, -0.15) is 0 Å². The van der Waals surface area contributed by atoms with Crippen molar-refractivity contribution in [2.24, 2.45) is 4.99 Å². The van der Waals surface area contributed by atoms with Crippen molar-refractivity contribution >= 4 is 6.34 Å². The van der Waals surface area contributed by atoms with Gasteiger partial charge in [0.15, 0.2) is 0 Å². The van der Waals surface area contributed by atoms with Crippen LogP contribution >= 0.6 is 0 Å². The predicted octanol–water partition coefficient (Wildman–Crippen LogP) is 4.64. The maximum atomic E-state index is 4.55. The molecule has 1 heterocycles. The van der Waals surface area contributed by atoms with E-state index in [1.807, 2.05) is 0 Å². The third-order valence-electron chi connectivity index (χ3n) is 3.92. The Morgan fingerprint density at radius 2 is 1.72 bits per heavy atom. The highest BCUT2D eigenvalue weighted by molar-refractivity contribution is 5.59. The van der Waals surface area contributed by atoms with Gasteiger partial charge in [0.05, 0.1) is 11.9 Å². The normalized spacial score (nSPS) is 19.4. The van der Waals surface area contributed by atoms with Crippen LogP contribution in [0.3, 0.4) is 0 Å². The van der Waals surface area contributed by atoms with E-state index in [2.05, 4.69) is 43.9 Å². The summed E-state index contributed by atoms with van der Waals surface area (Å²) < 4.78 is 0. The highest BCUT2D eigenvalue weighted by atomic mass is 15.2. The Kier molecular flexibility index (Phi) is 6.73. The summed E-state index contributed by atoms with van der Waals surface area (Å²) in [5.74, 6) is 0. The fraction of sp³-hybridized carbons (Fsp3) is 0.938. The fourth-order valence-electron chi connectivity index (χ4n) is 2.59. The van der Waals surface area contributed by atoms with E-state index >= 15 is 0 Å². The van der Waals surface area contributed by atoms with Crippen molar-refractivity contribution in [3.8, 4) is 0 Å². The van der Waals surface area contributed by atoms with Gasteiger partial charge in [0.25, 0.3) is 0 Å². The molecule has 1 unspecified atom stereocenters. The molecule has 0 saturated carbocycles. The zero-order valence-electron chi connectivity index (χ0n) is 12.9. The molecule has 2 heteroatoms. The van der Waals surface area contributed by atoms with Crippen LogP contribution in [0.1, 0.15) is 79.1 Å². The number of rotatable bonds is 9. The van der Waals surface area contributed by atoms with E-state index < -0.39 is 0 Å². The molecule has 0 aromatic heterocycles. The van der Waals surface area contributed by atoms with Crippen LogP contribution in [-0.2, 0) is 0 Å². The fourth-order valence-corrected chi connectivity index (χ4v) is 2.59. The van der Waals surface area contributed by atoms with Crippen molar-refractivity contribution < 1.29 is 0 Å². The lowest BCUT2D eigenvalue weighted by atomic mass is 10.0. The molecule has 106 valence electrons. The Labute approximate surface area is 114 Å². The SMILES string of the molecule is CCCCCCCCCC(C)N1C=NC(C)(C)C1. The van der Waals surface area contributed by atoms with Gasteiger partial charge < -0.3 is 4.90 Å². The summed E-state index contributed by atoms with van der Waals surface area (Å²) in [5, 5.41) is 0. The van der Waals surface area contributed by atoms with E-state index in [0.717, 1.165) is 6.54 Å². The molecule has 0 saturated heterocycles. The molecule has 0 fully saturated rings. The molecule has 0 radical (unpaired) electrons. The largest absolute Gasteiger partial charge is 0.358 e. The molecule has 1 atom stereocenters. The van der Waals surface area contributed by atoms with Gasteiger partial charge in [0, 0.05) is 12.6 Å². The topological polar surface area (TPSA) is 15.6 Å². The number of unbranched alkanes of at least 4 members (excludes halogenated alkanes) is 6. The Balaban J connectivity index is 2.01. The smallest absolute Gasteiger partial charge is 0.0860 e. The summed E-state index contributed by atoms with van der Waals surface area (Å²) in [6.45, 7) is 10.1. The molecule has 1 rings (SSSR count). The average molecular weight is 252 g/mol. The van der Waals surface area contributed by atoms with Gasteiger partial charge in [-0.3, -0.25) is 4.99 Å². The zero-order chi connectivity index (χ0) is 13.4. The van der Waals surface area contributed by atoms with Crippen molar-refractivity contribution in [1.29, 1.82) is 0 Å². The highest BCUT2D eigenvalue weighted by Crippen LogP contribution is 2.20. The third-order valence-corrected chi connectivity index (χ3v) is 3.92. The molecule has 1 aliphatic rings. The van der Waals surface area contributed by atoms with E-state index in [9.17, 15) is 0 Å². The lowest BCUT2D eigenvalue weighted by Crippen LogP contribution is -2.35. The third kappa shape index (κ3) is 5.88. The molecule has 18 heavy (non-hydrogen) atoms. The van der Waals surface area contributed by atoms with Crippen LogP contribution in [-0.4, -0.2) is 29.4 Å². The summed E-state index contributed by atoms with van der Waals surface area (Å²) in [5.41, 5.74) is 0.133. The standard InChI is InChI=1S/C16H32N2/c1-5-6-7-8-9-10-11-12-15(2)18-13-16(3,4)17-14-18/h14-15H,5-13H2,1-4H3. The molecule has 0 aliphatic carbocycles. The predicted molar refractivity (Wildman–Crippen MR) is 81.3 cm³/mol. The van der Waals surface area contributed by atoms with E-state index in [1.165, 1.54) is 51.4 Å². The first-order valence-corrected chi connectivity index (χ1v) is 7.86. The Morgan fingerprint density at radius 1 is 1.11 bits per heavy atom. The zero-order valence-corrected chi connectivity index (χ0v) is 12.9. The number of hydrogen-bond donors (Lipinski definition) is 0. The maximum absolute atomic E-state index is 4.55. The summed E-state index contributed by atoms with van der Waals surface area (Å²) >= 11 is 0. The molecular weight excluding hydrogens is 220 g/mol. The monoisotopic (exact) mass is 252 g/mol. The summed E-state index contributed by atoms with van der Waals surface area (Å²) in [4.78, 5) is 6.96. The van der Waals surface area contributed by atoms with Crippen LogP contribution < -0.4 is 0 Å². The molecule has 0 aromatic rings. The number of nitrogens with zero attached hydrogens (tertiary/aromatic N) is 2. The van der Waals surface area contributed by atoms with Gasteiger partial charge in [-0.1, -0.05) is 51.9 Å². The molecule has 1 aliphatic heterocycles. The van der Waals surface area contributed by atoms with Crippen molar-refractivity contribution in [2.45, 2.75) is 90.6 Å². The van der Waals surface area contributed by atoms with Crippen LogP contribution in [0, 0.1) is 0 Å². The Bertz CT molecular complexity index is 245. The van der Waals surface area contributed by atoms with Crippen molar-refractivity contribution in [1.82, 2.24) is 4.90 Å². The lowest BCUT2D eigenvalue weighted by Gasteiger charge is -2.26. The average Bonchev–Trinajstić information content (AvgIpc) is 2.68. The molecule has 2 nitrogen and oxygen atoms in total. The second-order valence-electron chi connectivity index (χ2n) is 6.49. The Hall–Kier alpha value is -0.530. The van der Waals surface area contributed by atoms with Crippen molar-refractivity contribution in [3.63, 3.8) is 0 Å². The van der Waals surface area contributed by atoms with E-state index in [-0.39, 0.29) is 5.54 Å². The molecule has 0 bridgehead atoms. The van der Waals surface area contributed by atoms with E-state index in [1.54, 1.807) is 0 Å². The molecule has 0 aromatic carbocycles. The molecular formula is C16H32N2. The minimum atomic E-state index is 0.133. The minimum Gasteiger partial charge on any atom is -0.358 e. The molecule has 0 N–H and O–H groups in total. The summed E-state index contributed by atoms with van der Waals surface area (Å²) in [7, 11) is 0. The minimum absolute atomic E-state index is 0.133. The van der Waals surface area contributed by atoms with Crippen LogP contribution in [0.25, 0.3) is 0 Å². The first kappa shape index (κ1) is 15.5. The first-order valence-electron chi connectivity index (χ1n) is 7.86. The van der Waals surface area contributed by atoms with Crippen LogP contribution in [0.15, 0.2) is 4.99 Å². The van der Waals surface area contributed by atoms with Crippen LogP contribution in [0.5, 0.6) is 0 Å². The lowest BCUT2D eigenvalue weighted by molar-refractivity contribution is 0.295. The molecule has 0 spiro atoms. The second-order valence-corrected chi connectivity index (χ2v) is 6.49. The van der Waals surface area contributed by atoms with E-state index in [0.29, 0.717) is 6.04 Å². The van der Waals surface area contributed by atoms with Gasteiger partial charge in [-0.25, -0.2) is 0 Å². The van der Waals surface area contributed by atoms with Gasteiger partial charge in [-0.05, 0) is 27.2 Å². The van der Waals surface area contributed by atoms with Gasteiger partial charge in [0.1, 0.15) is 0 Å². The highest BCUT2D eigenvalue weighted by Gasteiger charge is 2.26.